The maximum absolute atomic E-state index is 9.53. The first-order chi connectivity index (χ1) is 10.5. The van der Waals surface area contributed by atoms with Crippen molar-refractivity contribution in [3.8, 4) is 5.75 Å². The smallest absolute Gasteiger partial charge is 0.328 e. The molecule has 1 aliphatic rings. The van der Waals surface area contributed by atoms with Crippen LogP contribution in [-0.2, 0) is 9.59 Å². The van der Waals surface area contributed by atoms with E-state index in [-0.39, 0.29) is 0 Å². The summed E-state index contributed by atoms with van der Waals surface area (Å²) in [5.74, 6) is -1.88. The lowest BCUT2D eigenvalue weighted by atomic mass is 10.2. The largest absolute Gasteiger partial charge is 0.545 e. The fourth-order valence-corrected chi connectivity index (χ4v) is 1.94. The Hall–Kier alpha value is -2.54. The second kappa shape index (κ2) is 9.41. The van der Waals surface area contributed by atoms with Crippen LogP contribution in [0.3, 0.4) is 0 Å². The van der Waals surface area contributed by atoms with E-state index in [4.69, 9.17) is 9.84 Å². The summed E-state index contributed by atoms with van der Waals surface area (Å²) in [4.78, 5) is 21.4. The monoisotopic (exact) mass is 308 g/mol. The Kier molecular flexibility index (Phi) is 7.49. The van der Waals surface area contributed by atoms with E-state index in [0.717, 1.165) is 18.8 Å². The Morgan fingerprint density at radius 3 is 2.23 bits per heavy atom. The number of nitrogens with two attached hydrogens (primary N) is 1. The third kappa shape index (κ3) is 6.76. The number of methoxy groups -OCH3 is 1. The Bertz CT molecular complexity index is 491. The summed E-state index contributed by atoms with van der Waals surface area (Å²) in [5, 5.41) is 19.6. The standard InChI is InChI=1S/C11H16N2O.C4H4O4/c1-14-11-4-2-10(3-5-11)13-8-6-12-7-9-13;5-3(6)1-2-4(7)8/h2-5,12H,6-9H2,1H3;1-2H,(H,5,6)(H,7,8)/b;2-1+. The average Bonchev–Trinajstić information content (AvgIpc) is 2.54. The maximum Gasteiger partial charge on any atom is 0.328 e. The molecule has 7 nitrogen and oxygen atoms in total. The summed E-state index contributed by atoms with van der Waals surface area (Å²) in [5.41, 5.74) is 1.30. The molecule has 0 saturated carbocycles. The van der Waals surface area contributed by atoms with Crippen LogP contribution in [0.4, 0.5) is 5.69 Å². The highest BCUT2D eigenvalue weighted by molar-refractivity contribution is 5.88. The van der Waals surface area contributed by atoms with Crippen molar-refractivity contribution < 1.29 is 29.9 Å². The van der Waals surface area contributed by atoms with Gasteiger partial charge in [-0.15, -0.1) is 0 Å². The first-order valence-electron chi connectivity index (χ1n) is 6.85. The van der Waals surface area contributed by atoms with Gasteiger partial charge >= 0.3 is 5.97 Å². The minimum absolute atomic E-state index is 0.447. The van der Waals surface area contributed by atoms with Crippen molar-refractivity contribution in [1.82, 2.24) is 0 Å². The molecule has 1 fully saturated rings. The van der Waals surface area contributed by atoms with Gasteiger partial charge in [0.25, 0.3) is 0 Å². The molecule has 0 bridgehead atoms. The molecule has 0 spiro atoms. The highest BCUT2D eigenvalue weighted by Crippen LogP contribution is 2.18. The number of carboxylic acid groups (broad SMARTS) is 2. The third-order valence-electron chi connectivity index (χ3n) is 3.01. The van der Waals surface area contributed by atoms with E-state index in [1.165, 1.54) is 18.8 Å². The topological polar surface area (TPSA) is 107 Å². The second-order valence-electron chi connectivity index (χ2n) is 4.54. The van der Waals surface area contributed by atoms with E-state index in [1.54, 1.807) is 7.11 Å². The third-order valence-corrected chi connectivity index (χ3v) is 3.01. The minimum atomic E-state index is -1.51. The summed E-state index contributed by atoms with van der Waals surface area (Å²) in [7, 11) is 1.70. The normalized spacial score (nSPS) is 14.1. The van der Waals surface area contributed by atoms with Crippen molar-refractivity contribution in [2.24, 2.45) is 0 Å². The fourth-order valence-electron chi connectivity index (χ4n) is 1.94. The molecule has 3 N–H and O–H groups in total. The molecule has 22 heavy (non-hydrogen) atoms. The molecule has 0 radical (unpaired) electrons. The number of carboxylic acids is 2. The number of rotatable bonds is 4. The Morgan fingerprint density at radius 1 is 1.23 bits per heavy atom. The van der Waals surface area contributed by atoms with Gasteiger partial charge in [0.15, 0.2) is 0 Å². The predicted molar refractivity (Wildman–Crippen MR) is 78.6 cm³/mol. The zero-order chi connectivity index (χ0) is 16.4. The second-order valence-corrected chi connectivity index (χ2v) is 4.54. The van der Waals surface area contributed by atoms with Crippen molar-refractivity contribution in [3.05, 3.63) is 36.4 Å². The summed E-state index contributed by atoms with van der Waals surface area (Å²) >= 11 is 0. The molecule has 1 aromatic rings. The van der Waals surface area contributed by atoms with Gasteiger partial charge in [-0.05, 0) is 30.3 Å². The van der Waals surface area contributed by atoms with Crippen LogP contribution in [0.15, 0.2) is 36.4 Å². The van der Waals surface area contributed by atoms with Crippen molar-refractivity contribution in [3.63, 3.8) is 0 Å². The number of quaternary nitrogens is 1. The molecular weight excluding hydrogens is 288 g/mol. The SMILES string of the molecule is COc1ccc(N2CC[NH2+]CC2)cc1.O=C([O-])/C=C/C(=O)O. The zero-order valence-corrected chi connectivity index (χ0v) is 12.4. The van der Waals surface area contributed by atoms with Gasteiger partial charge in [0.2, 0.25) is 0 Å². The lowest BCUT2D eigenvalue weighted by Gasteiger charge is -2.27. The van der Waals surface area contributed by atoms with E-state index < -0.39 is 11.9 Å². The lowest BCUT2D eigenvalue weighted by molar-refractivity contribution is -0.655. The number of carbonyl (C=O) groups is 2. The molecule has 1 saturated heterocycles. The van der Waals surface area contributed by atoms with Crippen LogP contribution >= 0.6 is 0 Å². The van der Waals surface area contributed by atoms with Crippen LogP contribution in [0.2, 0.25) is 0 Å². The molecule has 0 atom stereocenters. The van der Waals surface area contributed by atoms with Crippen molar-refractivity contribution >= 4 is 17.6 Å². The summed E-state index contributed by atoms with van der Waals surface area (Å²) in [6.45, 7) is 4.69. The molecule has 1 heterocycles. The lowest BCUT2D eigenvalue weighted by Crippen LogP contribution is -2.89. The van der Waals surface area contributed by atoms with E-state index in [0.29, 0.717) is 12.2 Å². The van der Waals surface area contributed by atoms with Gasteiger partial charge in [-0.2, -0.15) is 0 Å². The molecule has 2 rings (SSSR count). The number of hydrogen-bond donors (Lipinski definition) is 2. The van der Waals surface area contributed by atoms with Gasteiger partial charge in [0.1, 0.15) is 5.75 Å². The fraction of sp³-hybridized carbons (Fsp3) is 0.333. The van der Waals surface area contributed by atoms with Gasteiger partial charge in [-0.25, -0.2) is 4.79 Å². The number of nitrogens with zero attached hydrogens (tertiary/aromatic N) is 1. The van der Waals surface area contributed by atoms with Crippen molar-refractivity contribution in [2.45, 2.75) is 0 Å². The van der Waals surface area contributed by atoms with E-state index in [1.807, 2.05) is 12.1 Å². The molecule has 1 aliphatic heterocycles. The van der Waals surface area contributed by atoms with Crippen LogP contribution < -0.4 is 20.1 Å². The molecule has 120 valence electrons. The summed E-state index contributed by atoms with van der Waals surface area (Å²) in [6, 6.07) is 8.30. The van der Waals surface area contributed by atoms with Crippen molar-refractivity contribution in [1.29, 1.82) is 0 Å². The van der Waals surface area contributed by atoms with Gasteiger partial charge in [0.05, 0.1) is 39.3 Å². The molecule has 1 aromatic carbocycles. The Labute approximate surface area is 128 Å². The van der Waals surface area contributed by atoms with Gasteiger partial charge in [-0.3, -0.25) is 0 Å². The molecule has 7 heteroatoms. The van der Waals surface area contributed by atoms with Gasteiger partial charge < -0.3 is 30.0 Å². The quantitative estimate of drug-likeness (QED) is 0.653. The Morgan fingerprint density at radius 2 is 1.82 bits per heavy atom. The Balaban J connectivity index is 0.000000261. The van der Waals surface area contributed by atoms with Crippen LogP contribution in [0.5, 0.6) is 5.75 Å². The van der Waals surface area contributed by atoms with Crippen LogP contribution in [0.1, 0.15) is 0 Å². The highest BCUT2D eigenvalue weighted by atomic mass is 16.5. The number of ether oxygens (including phenoxy) is 1. The average molecular weight is 308 g/mol. The number of carbonyl (C=O) groups excluding carboxylic acids is 1. The van der Waals surface area contributed by atoms with Gasteiger partial charge in [-0.1, -0.05) is 0 Å². The number of piperazine rings is 1. The first-order valence-corrected chi connectivity index (χ1v) is 6.85. The van der Waals surface area contributed by atoms with E-state index in [2.05, 4.69) is 22.3 Å². The van der Waals surface area contributed by atoms with Gasteiger partial charge in [0, 0.05) is 11.8 Å². The van der Waals surface area contributed by atoms with E-state index >= 15 is 0 Å². The minimum Gasteiger partial charge on any atom is -0.545 e. The summed E-state index contributed by atoms with van der Waals surface area (Å²) in [6.07, 6.45) is 0.942. The van der Waals surface area contributed by atoms with Crippen LogP contribution in [0.25, 0.3) is 0 Å². The zero-order valence-electron chi connectivity index (χ0n) is 12.4. The molecule has 0 aromatic heterocycles. The summed E-state index contributed by atoms with van der Waals surface area (Å²) < 4.78 is 5.13. The van der Waals surface area contributed by atoms with Crippen LogP contribution in [0, 0.1) is 0 Å². The molecule has 0 amide bonds. The molecular formula is C15H20N2O5. The number of anilines is 1. The van der Waals surface area contributed by atoms with E-state index in [9.17, 15) is 14.7 Å². The number of hydrogen-bond acceptors (Lipinski definition) is 5. The number of aliphatic carboxylic acids is 2. The molecule has 0 aliphatic carbocycles. The first kappa shape index (κ1) is 17.5. The highest BCUT2D eigenvalue weighted by Gasteiger charge is 2.11. The molecule has 0 unspecified atom stereocenters. The van der Waals surface area contributed by atoms with Crippen molar-refractivity contribution in [2.75, 3.05) is 38.2 Å². The maximum atomic E-state index is 9.53. The number of benzene rings is 1. The van der Waals surface area contributed by atoms with Crippen LogP contribution in [-0.4, -0.2) is 50.3 Å². The predicted octanol–water partition coefficient (Wildman–Crippen LogP) is -1.54.